The minimum atomic E-state index is -1.44. The molecule has 0 aromatic heterocycles. The third kappa shape index (κ3) is 1.96. The Morgan fingerprint density at radius 3 is 1.41 bits per heavy atom. The van der Waals surface area contributed by atoms with Crippen LogP contribution in [-0.2, 0) is 12.8 Å². The Balaban J connectivity index is 2.00. The second-order valence-electron chi connectivity index (χ2n) is 5.92. The molecule has 22 heavy (non-hydrogen) atoms. The number of benzene rings is 2. The van der Waals surface area contributed by atoms with Gasteiger partial charge in [-0.15, -0.1) is 0 Å². The van der Waals surface area contributed by atoms with Crippen molar-refractivity contribution in [3.05, 3.63) is 57.5 Å². The van der Waals surface area contributed by atoms with Crippen molar-refractivity contribution in [2.24, 2.45) is 0 Å². The van der Waals surface area contributed by atoms with E-state index in [9.17, 15) is 20.1 Å². The molecule has 4 nitrogen and oxygen atoms in total. The Morgan fingerprint density at radius 2 is 1.05 bits per heavy atom. The normalized spacial score (nSPS) is 15.5. The summed E-state index contributed by atoms with van der Waals surface area (Å²) in [6.07, 6.45) is 4.70. The molecule has 0 unspecified atom stereocenters. The summed E-state index contributed by atoms with van der Waals surface area (Å²) in [5, 5.41) is 40.0. The minimum Gasteiger partial charge on any atom is -0.423 e. The molecule has 0 aliphatic heterocycles. The molecule has 4 rings (SSSR count). The van der Waals surface area contributed by atoms with Crippen LogP contribution in [0.4, 0.5) is 0 Å². The summed E-state index contributed by atoms with van der Waals surface area (Å²) in [4.78, 5) is 0. The number of hydrogen-bond donors (Lipinski definition) is 4. The molecular weight excluding hydrogens is 278 g/mol. The highest BCUT2D eigenvalue weighted by molar-refractivity contribution is 6.53. The summed E-state index contributed by atoms with van der Waals surface area (Å²) < 4.78 is 0. The van der Waals surface area contributed by atoms with E-state index in [0.29, 0.717) is 23.8 Å². The highest BCUT2D eigenvalue weighted by atomic mass is 16.4. The average molecular weight is 292 g/mol. The first kappa shape index (κ1) is 13.8. The third-order valence-electron chi connectivity index (χ3n) is 4.53. The lowest BCUT2D eigenvalue weighted by atomic mass is 9.68. The predicted octanol–water partition coefficient (Wildman–Crippen LogP) is 0.743. The minimum absolute atomic E-state index is 0.518. The molecule has 0 saturated heterocycles. The van der Waals surface area contributed by atoms with E-state index in [1.807, 2.05) is 36.4 Å². The Kier molecular flexibility index (Phi) is 3.03. The summed E-state index contributed by atoms with van der Waals surface area (Å²) in [5.41, 5.74) is 5.28. The lowest BCUT2D eigenvalue weighted by molar-refractivity contribution is 0.416. The summed E-state index contributed by atoms with van der Waals surface area (Å²) in [6, 6.07) is 7.87. The summed E-state index contributed by atoms with van der Waals surface area (Å²) >= 11 is 0. The van der Waals surface area contributed by atoms with Gasteiger partial charge in [-0.1, -0.05) is 36.4 Å². The second-order valence-corrected chi connectivity index (χ2v) is 5.92. The van der Waals surface area contributed by atoms with Crippen LogP contribution in [0.3, 0.4) is 0 Å². The second kappa shape index (κ2) is 4.83. The van der Waals surface area contributed by atoms with Crippen LogP contribution in [0.2, 0.25) is 0 Å². The van der Waals surface area contributed by atoms with Crippen molar-refractivity contribution >= 4 is 37.2 Å². The first-order valence-electron chi connectivity index (χ1n) is 7.25. The van der Waals surface area contributed by atoms with Gasteiger partial charge in [-0.3, -0.25) is 0 Å². The maximum Gasteiger partial charge on any atom is 0.484 e. The predicted molar refractivity (Wildman–Crippen MR) is 87.7 cm³/mol. The Hall–Kier alpha value is -1.85. The third-order valence-corrected chi connectivity index (χ3v) is 4.53. The summed E-state index contributed by atoms with van der Waals surface area (Å²) in [5.74, 6) is 0. The van der Waals surface area contributed by atoms with E-state index in [0.717, 1.165) is 33.0 Å². The molecule has 4 N–H and O–H groups in total. The molecule has 108 valence electrons. The number of hydrogen-bond acceptors (Lipinski definition) is 4. The van der Waals surface area contributed by atoms with E-state index >= 15 is 0 Å². The van der Waals surface area contributed by atoms with Crippen molar-refractivity contribution < 1.29 is 20.1 Å². The molecule has 0 atom stereocenters. The van der Waals surface area contributed by atoms with E-state index < -0.39 is 14.2 Å². The SMILES string of the molecule is OB(O)C1=Cc2ccc3c4c(ccc(c24)C1)C=C(B(O)O)C3. The fourth-order valence-electron chi connectivity index (χ4n) is 3.50. The first-order valence-corrected chi connectivity index (χ1v) is 7.25. The van der Waals surface area contributed by atoms with Gasteiger partial charge in [0, 0.05) is 0 Å². The molecular formula is C16H14B2O4. The zero-order valence-electron chi connectivity index (χ0n) is 11.8. The number of rotatable bonds is 2. The van der Waals surface area contributed by atoms with Gasteiger partial charge < -0.3 is 20.1 Å². The van der Waals surface area contributed by atoms with Crippen molar-refractivity contribution in [2.45, 2.75) is 12.8 Å². The molecule has 2 aromatic carbocycles. The fourth-order valence-corrected chi connectivity index (χ4v) is 3.50. The largest absolute Gasteiger partial charge is 0.484 e. The Labute approximate surface area is 128 Å². The maximum absolute atomic E-state index is 9.44. The van der Waals surface area contributed by atoms with E-state index in [1.54, 1.807) is 0 Å². The van der Waals surface area contributed by atoms with E-state index in [-0.39, 0.29) is 0 Å². The summed E-state index contributed by atoms with van der Waals surface area (Å²) in [7, 11) is -2.88. The highest BCUT2D eigenvalue weighted by Crippen LogP contribution is 2.39. The molecule has 0 radical (unpaired) electrons. The van der Waals surface area contributed by atoms with Crippen LogP contribution in [0.1, 0.15) is 22.3 Å². The van der Waals surface area contributed by atoms with Crippen LogP contribution < -0.4 is 0 Å². The van der Waals surface area contributed by atoms with Crippen LogP contribution >= 0.6 is 0 Å². The van der Waals surface area contributed by atoms with Crippen LogP contribution in [0, 0.1) is 0 Å². The van der Waals surface area contributed by atoms with Gasteiger partial charge in [0.1, 0.15) is 0 Å². The van der Waals surface area contributed by atoms with E-state index in [2.05, 4.69) is 0 Å². The quantitative estimate of drug-likeness (QED) is 0.616. The molecule has 2 aromatic rings. The molecule has 2 aliphatic carbocycles. The van der Waals surface area contributed by atoms with Crippen molar-refractivity contribution in [3.63, 3.8) is 0 Å². The molecule has 0 amide bonds. The van der Waals surface area contributed by atoms with Gasteiger partial charge in [0.25, 0.3) is 0 Å². The van der Waals surface area contributed by atoms with Crippen LogP contribution in [0.25, 0.3) is 22.9 Å². The maximum atomic E-state index is 9.44. The van der Waals surface area contributed by atoms with Crippen LogP contribution in [0.15, 0.2) is 35.2 Å². The van der Waals surface area contributed by atoms with Crippen molar-refractivity contribution in [1.82, 2.24) is 0 Å². The topological polar surface area (TPSA) is 80.9 Å². The Bertz CT molecular complexity index is 782. The van der Waals surface area contributed by atoms with Gasteiger partial charge in [0.15, 0.2) is 0 Å². The molecule has 2 aliphatic rings. The zero-order valence-corrected chi connectivity index (χ0v) is 11.8. The Morgan fingerprint density at radius 1 is 0.636 bits per heavy atom. The first-order chi connectivity index (χ1) is 10.5. The zero-order chi connectivity index (χ0) is 15.4. The van der Waals surface area contributed by atoms with Crippen molar-refractivity contribution in [1.29, 1.82) is 0 Å². The molecule has 0 fully saturated rings. The van der Waals surface area contributed by atoms with Crippen molar-refractivity contribution in [2.75, 3.05) is 0 Å². The monoisotopic (exact) mass is 292 g/mol. The lowest BCUT2D eigenvalue weighted by Crippen LogP contribution is -2.21. The van der Waals surface area contributed by atoms with Gasteiger partial charge in [0.05, 0.1) is 0 Å². The molecule has 0 saturated carbocycles. The van der Waals surface area contributed by atoms with Gasteiger partial charge in [-0.2, -0.15) is 0 Å². The summed E-state index contributed by atoms with van der Waals surface area (Å²) in [6.45, 7) is 0. The smallest absolute Gasteiger partial charge is 0.423 e. The van der Waals surface area contributed by atoms with E-state index in [4.69, 9.17) is 0 Å². The van der Waals surface area contributed by atoms with Crippen LogP contribution in [-0.4, -0.2) is 34.3 Å². The highest BCUT2D eigenvalue weighted by Gasteiger charge is 2.26. The average Bonchev–Trinajstić information content (AvgIpc) is 2.51. The van der Waals surface area contributed by atoms with E-state index in [1.165, 1.54) is 0 Å². The van der Waals surface area contributed by atoms with Crippen molar-refractivity contribution in [3.8, 4) is 0 Å². The van der Waals surface area contributed by atoms with Gasteiger partial charge >= 0.3 is 14.2 Å². The molecule has 0 spiro atoms. The number of allylic oxidation sites excluding steroid dienone is 2. The lowest BCUT2D eigenvalue weighted by Gasteiger charge is -2.24. The van der Waals surface area contributed by atoms with Gasteiger partial charge in [-0.05, 0) is 56.8 Å². The standard InChI is InChI=1S/C16H14B2O4/c19-17(20)13-5-9-1-2-10-6-14(18(21)22)8-12-4-3-11(7-13)15(9)16(10)12/h1-5,8,19-22H,6-7H2. The van der Waals surface area contributed by atoms with Crippen LogP contribution in [0.5, 0.6) is 0 Å². The molecule has 0 heterocycles. The van der Waals surface area contributed by atoms with Gasteiger partial charge in [0.2, 0.25) is 0 Å². The molecule has 0 bridgehead atoms. The molecule has 6 heteroatoms. The van der Waals surface area contributed by atoms with Gasteiger partial charge in [-0.25, -0.2) is 0 Å². The fraction of sp³-hybridized carbons (Fsp3) is 0.125.